The van der Waals surface area contributed by atoms with Crippen molar-refractivity contribution >= 4 is 12.0 Å². The lowest BCUT2D eigenvalue weighted by molar-refractivity contribution is -0.151. The normalized spacial score (nSPS) is 19.0. The molecule has 1 aliphatic rings. The van der Waals surface area contributed by atoms with Crippen molar-refractivity contribution < 1.29 is 14.7 Å². The number of carboxylic acids is 1. The van der Waals surface area contributed by atoms with Gasteiger partial charge in [0.15, 0.2) is 0 Å². The van der Waals surface area contributed by atoms with E-state index in [0.29, 0.717) is 26.2 Å². The summed E-state index contributed by atoms with van der Waals surface area (Å²) >= 11 is 0. The van der Waals surface area contributed by atoms with Gasteiger partial charge in [0.25, 0.3) is 0 Å². The molecule has 21 heavy (non-hydrogen) atoms. The molecule has 5 nitrogen and oxygen atoms in total. The summed E-state index contributed by atoms with van der Waals surface area (Å²) in [6.07, 6.45) is 7.85. The molecule has 0 radical (unpaired) electrons. The molecule has 0 bridgehead atoms. The lowest BCUT2D eigenvalue weighted by Gasteiger charge is -2.40. The van der Waals surface area contributed by atoms with Crippen LogP contribution >= 0.6 is 0 Å². The number of carbonyl (C=O) groups excluding carboxylic acids is 1. The second kappa shape index (κ2) is 7.35. The van der Waals surface area contributed by atoms with Gasteiger partial charge in [0, 0.05) is 19.6 Å². The SMILES string of the molecule is C#CCN(CCC)C(=O)N1CCCC(C(C)(C)C(=O)O)C1. The van der Waals surface area contributed by atoms with Crippen LogP contribution in [0.2, 0.25) is 0 Å². The molecule has 1 heterocycles. The van der Waals surface area contributed by atoms with Crippen LogP contribution in [-0.4, -0.2) is 53.1 Å². The van der Waals surface area contributed by atoms with E-state index in [0.717, 1.165) is 19.3 Å². The number of rotatable bonds is 5. The Kier molecular flexibility index (Phi) is 6.07. The van der Waals surface area contributed by atoms with Gasteiger partial charge in [-0.15, -0.1) is 6.42 Å². The first-order valence-electron chi connectivity index (χ1n) is 7.55. The Balaban J connectivity index is 2.77. The van der Waals surface area contributed by atoms with Crippen molar-refractivity contribution in [1.29, 1.82) is 0 Å². The van der Waals surface area contributed by atoms with E-state index in [1.807, 2.05) is 6.92 Å². The van der Waals surface area contributed by atoms with Crippen LogP contribution in [0.5, 0.6) is 0 Å². The van der Waals surface area contributed by atoms with E-state index < -0.39 is 11.4 Å². The Labute approximate surface area is 127 Å². The number of likely N-dealkylation sites (tertiary alicyclic amines) is 1. The third kappa shape index (κ3) is 4.13. The Morgan fingerprint density at radius 2 is 2.14 bits per heavy atom. The third-order valence-corrected chi connectivity index (χ3v) is 4.31. The Hall–Kier alpha value is -1.70. The van der Waals surface area contributed by atoms with Crippen LogP contribution in [-0.2, 0) is 4.79 Å². The van der Waals surface area contributed by atoms with Crippen molar-refractivity contribution in [1.82, 2.24) is 9.80 Å². The van der Waals surface area contributed by atoms with Crippen molar-refractivity contribution in [2.24, 2.45) is 11.3 Å². The zero-order valence-corrected chi connectivity index (χ0v) is 13.3. The van der Waals surface area contributed by atoms with E-state index >= 15 is 0 Å². The third-order valence-electron chi connectivity index (χ3n) is 4.31. The van der Waals surface area contributed by atoms with Gasteiger partial charge in [-0.2, -0.15) is 0 Å². The lowest BCUT2D eigenvalue weighted by Crippen LogP contribution is -2.51. The number of urea groups is 1. The summed E-state index contributed by atoms with van der Waals surface area (Å²) in [7, 11) is 0. The van der Waals surface area contributed by atoms with E-state index in [2.05, 4.69) is 5.92 Å². The molecule has 5 heteroatoms. The summed E-state index contributed by atoms with van der Waals surface area (Å²) in [5.74, 6) is 1.68. The van der Waals surface area contributed by atoms with Gasteiger partial charge in [-0.25, -0.2) is 4.79 Å². The summed E-state index contributed by atoms with van der Waals surface area (Å²) in [6, 6.07) is -0.0688. The van der Waals surface area contributed by atoms with E-state index in [1.165, 1.54) is 0 Å². The summed E-state index contributed by atoms with van der Waals surface area (Å²) in [4.78, 5) is 27.3. The van der Waals surface area contributed by atoms with Crippen LogP contribution < -0.4 is 0 Å². The van der Waals surface area contributed by atoms with Crippen LogP contribution in [0.1, 0.15) is 40.0 Å². The highest BCUT2D eigenvalue weighted by atomic mass is 16.4. The molecule has 0 aromatic rings. The fourth-order valence-electron chi connectivity index (χ4n) is 2.74. The van der Waals surface area contributed by atoms with Crippen molar-refractivity contribution in [3.63, 3.8) is 0 Å². The highest BCUT2D eigenvalue weighted by Crippen LogP contribution is 2.34. The number of carbonyl (C=O) groups is 2. The van der Waals surface area contributed by atoms with Gasteiger partial charge in [-0.3, -0.25) is 4.79 Å². The zero-order chi connectivity index (χ0) is 16.0. The molecular weight excluding hydrogens is 268 g/mol. The molecule has 1 N–H and O–H groups in total. The molecule has 1 fully saturated rings. The summed E-state index contributed by atoms with van der Waals surface area (Å²) in [5.41, 5.74) is -0.819. The fraction of sp³-hybridized carbons (Fsp3) is 0.750. The van der Waals surface area contributed by atoms with Crippen LogP contribution in [0.3, 0.4) is 0 Å². The van der Waals surface area contributed by atoms with E-state index in [9.17, 15) is 14.7 Å². The number of nitrogens with zero attached hydrogens (tertiary/aromatic N) is 2. The predicted octanol–water partition coefficient (Wildman–Crippen LogP) is 2.27. The quantitative estimate of drug-likeness (QED) is 0.791. The van der Waals surface area contributed by atoms with Gasteiger partial charge in [0.1, 0.15) is 0 Å². The molecule has 1 aliphatic heterocycles. The van der Waals surface area contributed by atoms with Gasteiger partial charge in [0.05, 0.1) is 12.0 Å². The second-order valence-electron chi connectivity index (χ2n) is 6.22. The Morgan fingerprint density at radius 1 is 1.48 bits per heavy atom. The van der Waals surface area contributed by atoms with Crippen LogP contribution in [0.15, 0.2) is 0 Å². The number of piperidine rings is 1. The Morgan fingerprint density at radius 3 is 2.67 bits per heavy atom. The number of terminal acetylenes is 1. The average molecular weight is 294 g/mol. The molecule has 0 aliphatic carbocycles. The number of hydrogen-bond acceptors (Lipinski definition) is 2. The molecule has 1 rings (SSSR count). The van der Waals surface area contributed by atoms with Gasteiger partial charge in [0.2, 0.25) is 0 Å². The van der Waals surface area contributed by atoms with Gasteiger partial charge >= 0.3 is 12.0 Å². The zero-order valence-electron chi connectivity index (χ0n) is 13.3. The van der Waals surface area contributed by atoms with E-state index in [1.54, 1.807) is 23.6 Å². The van der Waals surface area contributed by atoms with Crippen LogP contribution in [0, 0.1) is 23.7 Å². The van der Waals surface area contributed by atoms with Crippen molar-refractivity contribution in [3.8, 4) is 12.3 Å². The standard InChI is InChI=1S/C16H26N2O3/c1-5-9-17(10-6-2)15(21)18-11-7-8-13(12-18)16(3,4)14(19)20/h1,13H,6-12H2,2-4H3,(H,19,20). The topological polar surface area (TPSA) is 60.9 Å². The summed E-state index contributed by atoms with van der Waals surface area (Å²) in [6.45, 7) is 7.57. The maximum Gasteiger partial charge on any atom is 0.320 e. The van der Waals surface area contributed by atoms with E-state index in [4.69, 9.17) is 6.42 Å². The minimum Gasteiger partial charge on any atom is -0.481 e. The average Bonchev–Trinajstić information content (AvgIpc) is 2.46. The first-order valence-corrected chi connectivity index (χ1v) is 7.55. The lowest BCUT2D eigenvalue weighted by atomic mass is 9.74. The number of aliphatic carboxylic acids is 1. The molecule has 0 aromatic heterocycles. The van der Waals surface area contributed by atoms with Crippen LogP contribution in [0.4, 0.5) is 4.79 Å². The van der Waals surface area contributed by atoms with E-state index in [-0.39, 0.29) is 11.9 Å². The number of carboxylic acid groups (broad SMARTS) is 1. The monoisotopic (exact) mass is 294 g/mol. The first kappa shape index (κ1) is 17.4. The minimum atomic E-state index is -0.819. The molecule has 0 aromatic carbocycles. The van der Waals surface area contributed by atoms with Crippen LogP contribution in [0.25, 0.3) is 0 Å². The molecule has 118 valence electrons. The maximum absolute atomic E-state index is 12.5. The van der Waals surface area contributed by atoms with Gasteiger partial charge in [-0.1, -0.05) is 12.8 Å². The predicted molar refractivity (Wildman–Crippen MR) is 81.8 cm³/mol. The number of amides is 2. The number of hydrogen-bond donors (Lipinski definition) is 1. The van der Waals surface area contributed by atoms with Crippen molar-refractivity contribution in [2.45, 2.75) is 40.0 Å². The summed E-state index contributed by atoms with van der Waals surface area (Å²) in [5, 5.41) is 9.36. The van der Waals surface area contributed by atoms with Crippen molar-refractivity contribution in [3.05, 3.63) is 0 Å². The smallest absolute Gasteiger partial charge is 0.320 e. The summed E-state index contributed by atoms with van der Waals surface area (Å²) < 4.78 is 0. The molecule has 0 spiro atoms. The molecule has 1 saturated heterocycles. The largest absolute Gasteiger partial charge is 0.481 e. The molecule has 0 saturated carbocycles. The second-order valence-corrected chi connectivity index (χ2v) is 6.22. The molecular formula is C16H26N2O3. The maximum atomic E-state index is 12.5. The van der Waals surface area contributed by atoms with Crippen molar-refractivity contribution in [2.75, 3.05) is 26.2 Å². The van der Waals surface area contributed by atoms with Gasteiger partial charge in [-0.05, 0) is 39.0 Å². The molecule has 1 unspecified atom stereocenters. The van der Waals surface area contributed by atoms with Gasteiger partial charge < -0.3 is 14.9 Å². The highest BCUT2D eigenvalue weighted by molar-refractivity contribution is 5.76. The Bertz CT molecular complexity index is 426. The molecule has 1 atom stereocenters. The fourth-order valence-corrected chi connectivity index (χ4v) is 2.74. The molecule has 2 amide bonds. The highest BCUT2D eigenvalue weighted by Gasteiger charge is 2.40. The minimum absolute atomic E-state index is 0.0259. The first-order chi connectivity index (χ1) is 9.84.